The van der Waals surface area contributed by atoms with Crippen LogP contribution in [-0.2, 0) is 0 Å². The highest BCUT2D eigenvalue weighted by molar-refractivity contribution is 5.63. The minimum Gasteiger partial charge on any atom is -0.344 e. The zero-order valence-electron chi connectivity index (χ0n) is 33.0. The van der Waals surface area contributed by atoms with Crippen LogP contribution >= 0.6 is 0 Å². The Labute approximate surface area is 321 Å². The molecule has 0 unspecified atom stereocenters. The number of hydrogen-bond donors (Lipinski definition) is 0. The zero-order chi connectivity index (χ0) is 38.4. The first-order valence-corrected chi connectivity index (χ1v) is 18.4. The molecule has 272 valence electrons. The number of benzene rings is 3. The summed E-state index contributed by atoms with van der Waals surface area (Å²) in [4.78, 5) is 4.50. The quantitative estimate of drug-likeness (QED) is 0.0964. The monoisotopic (exact) mass is 698 g/mol. The molecule has 2 nitrogen and oxygen atoms in total. The maximum atomic E-state index is 4.15. The van der Waals surface area contributed by atoms with Gasteiger partial charge in [0.25, 0.3) is 0 Å². The second-order valence-electron chi connectivity index (χ2n) is 13.1. The van der Waals surface area contributed by atoms with Gasteiger partial charge in [0.2, 0.25) is 0 Å². The summed E-state index contributed by atoms with van der Waals surface area (Å²) < 4.78 is 0. The van der Waals surface area contributed by atoms with E-state index in [1.54, 1.807) is 0 Å². The molecule has 0 heterocycles. The zero-order valence-corrected chi connectivity index (χ0v) is 33.0. The second-order valence-corrected chi connectivity index (χ2v) is 13.1. The number of anilines is 2. The summed E-state index contributed by atoms with van der Waals surface area (Å²) in [6, 6.07) is 25.8. The van der Waals surface area contributed by atoms with E-state index < -0.39 is 0 Å². The fourth-order valence-corrected chi connectivity index (χ4v) is 5.49. The predicted molar refractivity (Wildman–Crippen MR) is 238 cm³/mol. The van der Waals surface area contributed by atoms with E-state index in [9.17, 15) is 0 Å². The van der Waals surface area contributed by atoms with Crippen LogP contribution in [0.3, 0.4) is 0 Å². The van der Waals surface area contributed by atoms with Crippen molar-refractivity contribution in [1.82, 2.24) is 0 Å². The lowest BCUT2D eigenvalue weighted by Crippen LogP contribution is -2.19. The van der Waals surface area contributed by atoms with Crippen LogP contribution in [0.1, 0.15) is 63.3 Å². The first-order valence-electron chi connectivity index (χ1n) is 18.4. The van der Waals surface area contributed by atoms with Gasteiger partial charge in [-0.15, -0.1) is 0 Å². The highest BCUT2D eigenvalue weighted by Crippen LogP contribution is 2.27. The Kier molecular flexibility index (Phi) is 17.9. The number of hydrogen-bond acceptors (Lipinski definition) is 2. The molecule has 2 heteroatoms. The summed E-state index contributed by atoms with van der Waals surface area (Å²) in [5.74, 6) is 0. The van der Waals surface area contributed by atoms with Gasteiger partial charge < -0.3 is 9.80 Å². The molecule has 0 N–H and O–H groups in total. The van der Waals surface area contributed by atoms with Crippen LogP contribution in [0.15, 0.2) is 205 Å². The fourth-order valence-electron chi connectivity index (χ4n) is 5.49. The van der Waals surface area contributed by atoms with Crippen molar-refractivity contribution in [3.8, 4) is 0 Å². The van der Waals surface area contributed by atoms with Crippen molar-refractivity contribution in [2.24, 2.45) is 0 Å². The van der Waals surface area contributed by atoms with Crippen molar-refractivity contribution in [3.05, 3.63) is 228 Å². The lowest BCUT2D eigenvalue weighted by molar-refractivity contribution is 1.08. The van der Waals surface area contributed by atoms with Crippen LogP contribution in [0.5, 0.6) is 0 Å². The molecule has 0 aliphatic heterocycles. The Hall–Kier alpha value is -5.86. The van der Waals surface area contributed by atoms with Crippen molar-refractivity contribution >= 4 is 23.5 Å². The van der Waals surface area contributed by atoms with E-state index in [1.165, 1.54) is 28.0 Å². The molecule has 0 saturated heterocycles. The van der Waals surface area contributed by atoms with Crippen molar-refractivity contribution in [3.63, 3.8) is 0 Å². The van der Waals surface area contributed by atoms with Gasteiger partial charge in [-0.1, -0.05) is 146 Å². The first-order chi connectivity index (χ1) is 25.6. The molecular weight excluding hydrogens is 641 g/mol. The van der Waals surface area contributed by atoms with Gasteiger partial charge in [-0.25, -0.2) is 0 Å². The predicted octanol–water partition coefficient (Wildman–Crippen LogP) is 14.4. The third kappa shape index (κ3) is 15.1. The van der Waals surface area contributed by atoms with Gasteiger partial charge in [0.1, 0.15) is 0 Å². The molecule has 0 bridgehead atoms. The highest BCUT2D eigenvalue weighted by Gasteiger charge is 2.12. The van der Waals surface area contributed by atoms with Crippen molar-refractivity contribution in [1.29, 1.82) is 0 Å². The number of allylic oxidation sites excluding steroid dienone is 17. The van der Waals surface area contributed by atoms with Gasteiger partial charge in [-0.05, 0) is 131 Å². The molecule has 3 aromatic rings. The van der Waals surface area contributed by atoms with Gasteiger partial charge in [-0.2, -0.15) is 0 Å². The Morgan fingerprint density at radius 2 is 1.32 bits per heavy atom. The van der Waals surface area contributed by atoms with E-state index in [2.05, 4.69) is 229 Å². The maximum Gasteiger partial charge on any atom is 0.0460 e. The third-order valence-electron chi connectivity index (χ3n) is 8.47. The van der Waals surface area contributed by atoms with E-state index in [4.69, 9.17) is 0 Å². The average Bonchev–Trinajstić information content (AvgIpc) is 3.14. The van der Waals surface area contributed by atoms with Gasteiger partial charge >= 0.3 is 0 Å². The van der Waals surface area contributed by atoms with Crippen molar-refractivity contribution in [2.75, 3.05) is 16.3 Å². The minimum atomic E-state index is 0.804. The Balaban J connectivity index is 1.64. The van der Waals surface area contributed by atoms with E-state index in [0.717, 1.165) is 46.8 Å². The normalized spacial score (nSPS) is 13.7. The van der Waals surface area contributed by atoms with Crippen LogP contribution in [-0.4, -0.2) is 6.54 Å². The standard InChI is InChI=1S/C51H58N2/c1-10-21-43(6)38-46(9)53(51-27-20-24-45(8)40-51)49(12-3)35-29-42(5)28-30-48-33-31-47(32-34-48)25-15-13-14-17-36-52(37-18-16-22-41(4)11-2)50-26-19-23-44(7)39-50/h10-12,14-35,37-40H,1,3,13,36H2,2,4-9H3/b17-14-,22-16-,25-15+,30-28+,37-18+,41-11-,42-29+,43-21-,46-38+,49-35+. The molecule has 3 aromatic carbocycles. The summed E-state index contributed by atoms with van der Waals surface area (Å²) in [6.45, 7) is 23.5. The van der Waals surface area contributed by atoms with Crippen LogP contribution in [0.4, 0.5) is 11.4 Å². The third-order valence-corrected chi connectivity index (χ3v) is 8.47. The van der Waals surface area contributed by atoms with Crippen LogP contribution in [0, 0.1) is 13.8 Å². The summed E-state index contributed by atoms with van der Waals surface area (Å²) in [7, 11) is 0. The largest absolute Gasteiger partial charge is 0.344 e. The molecule has 0 aliphatic rings. The minimum absolute atomic E-state index is 0.804. The second kappa shape index (κ2) is 22.9. The number of rotatable bonds is 18. The summed E-state index contributed by atoms with van der Waals surface area (Å²) in [5, 5.41) is 0. The summed E-state index contributed by atoms with van der Waals surface area (Å²) in [5.41, 5.74) is 12.7. The summed E-state index contributed by atoms with van der Waals surface area (Å²) in [6.07, 6.45) is 36.8. The van der Waals surface area contributed by atoms with Crippen LogP contribution in [0.25, 0.3) is 12.2 Å². The lowest BCUT2D eigenvalue weighted by Gasteiger charge is -2.27. The molecule has 53 heavy (non-hydrogen) atoms. The maximum absolute atomic E-state index is 4.15. The van der Waals surface area contributed by atoms with Crippen molar-refractivity contribution in [2.45, 2.75) is 54.9 Å². The molecule has 0 spiro atoms. The van der Waals surface area contributed by atoms with E-state index in [1.807, 2.05) is 18.2 Å². The van der Waals surface area contributed by atoms with Gasteiger partial charge in [0.05, 0.1) is 0 Å². The van der Waals surface area contributed by atoms with E-state index in [-0.39, 0.29) is 0 Å². The smallest absolute Gasteiger partial charge is 0.0460 e. The molecule has 0 amide bonds. The number of nitrogens with zero attached hydrogens (tertiary/aromatic N) is 2. The summed E-state index contributed by atoms with van der Waals surface area (Å²) >= 11 is 0. The molecule has 0 radical (unpaired) electrons. The van der Waals surface area contributed by atoms with Crippen molar-refractivity contribution < 1.29 is 0 Å². The average molecular weight is 699 g/mol. The van der Waals surface area contributed by atoms with E-state index >= 15 is 0 Å². The fraction of sp³-hybridized carbons (Fsp3) is 0.176. The SMILES string of the molecule is C=C/C=C(C)\C=C(/C)N(/C(C=C)=C/C=C(C)/C=C/c1ccc(/C=C/C/C=C\CN(/C=C/C=C\C(C)=C/C)c2cccc(C)c2)cc1)c1cccc(C)c1. The van der Waals surface area contributed by atoms with Crippen LogP contribution < -0.4 is 9.80 Å². The Morgan fingerprint density at radius 1 is 0.660 bits per heavy atom. The van der Waals surface area contributed by atoms with Gasteiger partial charge in [0.15, 0.2) is 0 Å². The molecule has 0 aliphatic carbocycles. The Morgan fingerprint density at radius 3 is 1.96 bits per heavy atom. The van der Waals surface area contributed by atoms with E-state index in [0.29, 0.717) is 0 Å². The molecule has 0 saturated carbocycles. The topological polar surface area (TPSA) is 6.48 Å². The molecular formula is C51H58N2. The van der Waals surface area contributed by atoms with Crippen LogP contribution in [0.2, 0.25) is 0 Å². The Bertz CT molecular complexity index is 1960. The first kappa shape index (κ1) is 41.6. The van der Waals surface area contributed by atoms with Gasteiger partial charge in [-0.3, -0.25) is 0 Å². The highest BCUT2D eigenvalue weighted by atomic mass is 15.1. The number of aryl methyl sites for hydroxylation is 2. The lowest BCUT2D eigenvalue weighted by atomic mass is 10.1. The molecule has 0 fully saturated rings. The molecule has 0 aromatic heterocycles. The molecule has 3 rings (SSSR count). The van der Waals surface area contributed by atoms with Gasteiger partial charge in [0, 0.05) is 35.5 Å². The molecule has 0 atom stereocenters.